The first-order chi connectivity index (χ1) is 12.6. The number of hydrogen-bond acceptors (Lipinski definition) is 7. The molecule has 26 heavy (non-hydrogen) atoms. The van der Waals surface area contributed by atoms with Crippen LogP contribution in [0.4, 0.5) is 16.3 Å². The number of amides is 1. The van der Waals surface area contributed by atoms with Crippen molar-refractivity contribution in [3.63, 3.8) is 0 Å². The Morgan fingerprint density at radius 2 is 2.04 bits per heavy atom. The number of nitrogens with zero attached hydrogens (tertiary/aromatic N) is 6. The maximum absolute atomic E-state index is 12.2. The molecule has 2 aliphatic rings. The van der Waals surface area contributed by atoms with Crippen LogP contribution in [0.3, 0.4) is 0 Å². The lowest BCUT2D eigenvalue weighted by atomic mass is 9.97. The molecule has 0 spiro atoms. The average molecular weight is 349 g/mol. The summed E-state index contributed by atoms with van der Waals surface area (Å²) in [7, 11) is 0. The van der Waals surface area contributed by atoms with Crippen molar-refractivity contribution in [2.45, 2.75) is 30.9 Å². The molecule has 130 valence electrons. The number of carbonyl (C=O) groups is 1. The molecule has 9 heteroatoms. The van der Waals surface area contributed by atoms with E-state index in [-0.39, 0.29) is 23.5 Å². The standard InChI is InChI=1S/C17H15N7O2/c18-7-14-15(20)24(22-21-14)9-13-8-23(16(25)26-13)12-3-1-11(2-4-12)17(10-19)5-6-17/h1-4,13H,5-6,8-9,20H2. The Bertz CT molecular complexity index is 947. The monoisotopic (exact) mass is 349 g/mol. The van der Waals surface area contributed by atoms with Crippen molar-refractivity contribution in [2.24, 2.45) is 0 Å². The highest BCUT2D eigenvalue weighted by atomic mass is 16.6. The second-order valence-corrected chi connectivity index (χ2v) is 6.47. The summed E-state index contributed by atoms with van der Waals surface area (Å²) in [5.74, 6) is 0.151. The van der Waals surface area contributed by atoms with Crippen molar-refractivity contribution in [1.29, 1.82) is 10.5 Å². The Morgan fingerprint density at radius 3 is 2.62 bits per heavy atom. The summed E-state index contributed by atoms with van der Waals surface area (Å²) in [5, 5.41) is 25.6. The minimum absolute atomic E-state index is 0.0493. The Kier molecular flexibility index (Phi) is 3.51. The largest absolute Gasteiger partial charge is 0.442 e. The van der Waals surface area contributed by atoms with Crippen LogP contribution in [-0.4, -0.2) is 33.7 Å². The number of cyclic esters (lactones) is 1. The molecular weight excluding hydrogens is 334 g/mol. The first-order valence-corrected chi connectivity index (χ1v) is 8.15. The van der Waals surface area contributed by atoms with E-state index in [0.717, 1.165) is 18.4 Å². The van der Waals surface area contributed by atoms with Crippen LogP contribution in [-0.2, 0) is 16.7 Å². The van der Waals surface area contributed by atoms with Gasteiger partial charge in [-0.2, -0.15) is 10.5 Å². The fraction of sp³-hybridized carbons (Fsp3) is 0.353. The van der Waals surface area contributed by atoms with Gasteiger partial charge in [0, 0.05) is 5.69 Å². The lowest BCUT2D eigenvalue weighted by molar-refractivity contribution is 0.129. The van der Waals surface area contributed by atoms with Gasteiger partial charge < -0.3 is 10.5 Å². The molecule has 2 aromatic rings. The predicted octanol–water partition coefficient (Wildman–Crippen LogP) is 1.31. The molecular formula is C17H15N7O2. The lowest BCUT2D eigenvalue weighted by Crippen LogP contribution is -2.26. The zero-order chi connectivity index (χ0) is 18.3. The van der Waals surface area contributed by atoms with Gasteiger partial charge in [0.1, 0.15) is 12.2 Å². The fourth-order valence-electron chi connectivity index (χ4n) is 3.11. The molecule has 1 atom stereocenters. The molecule has 1 aromatic carbocycles. The van der Waals surface area contributed by atoms with Crippen LogP contribution in [0.15, 0.2) is 24.3 Å². The normalized spacial score (nSPS) is 20.3. The molecule has 9 nitrogen and oxygen atoms in total. The molecule has 1 aliphatic carbocycles. The molecule has 0 bridgehead atoms. The van der Waals surface area contributed by atoms with Gasteiger partial charge in [0.05, 0.1) is 24.6 Å². The smallest absolute Gasteiger partial charge is 0.414 e. The number of hydrogen-bond donors (Lipinski definition) is 1. The second-order valence-electron chi connectivity index (χ2n) is 6.47. The summed E-state index contributed by atoms with van der Waals surface area (Å²) in [5.41, 5.74) is 7.17. The molecule has 1 saturated carbocycles. The SMILES string of the molecule is N#Cc1nnn(CC2CN(c3ccc(C4(C#N)CC4)cc3)C(=O)O2)c1N. The number of nitriles is 2. The number of aromatic nitrogens is 3. The van der Waals surface area contributed by atoms with Gasteiger partial charge in [0.25, 0.3) is 0 Å². The van der Waals surface area contributed by atoms with Crippen LogP contribution in [0.5, 0.6) is 0 Å². The van der Waals surface area contributed by atoms with E-state index < -0.39 is 12.2 Å². The summed E-state index contributed by atoms with van der Waals surface area (Å²) < 4.78 is 6.72. The molecule has 1 aliphatic heterocycles. The summed E-state index contributed by atoms with van der Waals surface area (Å²) in [4.78, 5) is 13.7. The van der Waals surface area contributed by atoms with E-state index in [1.807, 2.05) is 30.3 Å². The number of ether oxygens (including phenoxy) is 1. The number of nitrogens with two attached hydrogens (primary N) is 1. The maximum atomic E-state index is 12.2. The van der Waals surface area contributed by atoms with Crippen LogP contribution >= 0.6 is 0 Å². The molecule has 4 rings (SSSR count). The molecule has 2 fully saturated rings. The van der Waals surface area contributed by atoms with Gasteiger partial charge >= 0.3 is 6.09 Å². The highest BCUT2D eigenvalue weighted by molar-refractivity contribution is 5.89. The third-order valence-corrected chi connectivity index (χ3v) is 4.83. The van der Waals surface area contributed by atoms with Gasteiger partial charge in [-0.05, 0) is 30.5 Å². The minimum Gasteiger partial charge on any atom is -0.442 e. The summed E-state index contributed by atoms with van der Waals surface area (Å²) in [6, 6.07) is 11.6. The van der Waals surface area contributed by atoms with Crippen molar-refractivity contribution < 1.29 is 9.53 Å². The van der Waals surface area contributed by atoms with Gasteiger partial charge in [-0.3, -0.25) is 4.90 Å². The van der Waals surface area contributed by atoms with Gasteiger partial charge in [-0.15, -0.1) is 5.10 Å². The third-order valence-electron chi connectivity index (χ3n) is 4.83. The number of anilines is 2. The molecule has 1 unspecified atom stereocenters. The van der Waals surface area contributed by atoms with E-state index in [0.29, 0.717) is 12.2 Å². The molecule has 2 N–H and O–H groups in total. The Morgan fingerprint density at radius 1 is 1.31 bits per heavy atom. The topological polar surface area (TPSA) is 134 Å². The molecule has 2 heterocycles. The van der Waals surface area contributed by atoms with Crippen LogP contribution in [0, 0.1) is 22.7 Å². The molecule has 1 aromatic heterocycles. The molecule has 1 saturated heterocycles. The van der Waals surface area contributed by atoms with E-state index in [2.05, 4.69) is 16.4 Å². The maximum Gasteiger partial charge on any atom is 0.414 e. The Labute approximate surface area is 149 Å². The average Bonchev–Trinajstić information content (AvgIpc) is 3.27. The zero-order valence-corrected chi connectivity index (χ0v) is 13.8. The zero-order valence-electron chi connectivity index (χ0n) is 13.8. The molecule has 0 radical (unpaired) electrons. The second kappa shape index (κ2) is 5.74. The number of nitrogen functional groups attached to an aromatic ring is 1. The summed E-state index contributed by atoms with van der Waals surface area (Å²) >= 11 is 0. The minimum atomic E-state index is -0.455. The van der Waals surface area contributed by atoms with Crippen molar-refractivity contribution in [3.8, 4) is 12.1 Å². The van der Waals surface area contributed by atoms with Crippen molar-refractivity contribution in [3.05, 3.63) is 35.5 Å². The van der Waals surface area contributed by atoms with Crippen molar-refractivity contribution in [1.82, 2.24) is 15.0 Å². The van der Waals surface area contributed by atoms with Crippen molar-refractivity contribution in [2.75, 3.05) is 17.2 Å². The van der Waals surface area contributed by atoms with Crippen LogP contribution in [0.1, 0.15) is 24.1 Å². The van der Waals surface area contributed by atoms with Gasteiger partial charge in [0.2, 0.25) is 5.69 Å². The molecule has 1 amide bonds. The van der Waals surface area contributed by atoms with Crippen LogP contribution in [0.2, 0.25) is 0 Å². The van der Waals surface area contributed by atoms with E-state index in [1.165, 1.54) is 9.58 Å². The third kappa shape index (κ3) is 2.50. The Hall–Kier alpha value is -3.59. The van der Waals surface area contributed by atoms with E-state index in [4.69, 9.17) is 15.7 Å². The first kappa shape index (κ1) is 15.9. The summed E-state index contributed by atoms with van der Waals surface area (Å²) in [6.45, 7) is 0.557. The van der Waals surface area contributed by atoms with Gasteiger partial charge in [-0.1, -0.05) is 17.3 Å². The van der Waals surface area contributed by atoms with Crippen LogP contribution < -0.4 is 10.6 Å². The fourth-order valence-corrected chi connectivity index (χ4v) is 3.11. The highest BCUT2D eigenvalue weighted by Gasteiger charge is 2.45. The van der Waals surface area contributed by atoms with Crippen molar-refractivity contribution >= 4 is 17.6 Å². The number of carbonyl (C=O) groups excluding carboxylic acids is 1. The number of benzene rings is 1. The van der Waals surface area contributed by atoms with Gasteiger partial charge in [0.15, 0.2) is 5.82 Å². The quantitative estimate of drug-likeness (QED) is 0.879. The van der Waals surface area contributed by atoms with E-state index in [1.54, 1.807) is 0 Å². The predicted molar refractivity (Wildman–Crippen MR) is 89.7 cm³/mol. The van der Waals surface area contributed by atoms with E-state index >= 15 is 0 Å². The Balaban J connectivity index is 1.47. The summed E-state index contributed by atoms with van der Waals surface area (Å²) in [6.07, 6.45) is 0.844. The number of rotatable bonds is 4. The van der Waals surface area contributed by atoms with Crippen LogP contribution in [0.25, 0.3) is 0 Å². The first-order valence-electron chi connectivity index (χ1n) is 8.15. The van der Waals surface area contributed by atoms with E-state index in [9.17, 15) is 10.1 Å². The lowest BCUT2D eigenvalue weighted by Gasteiger charge is -2.14. The van der Waals surface area contributed by atoms with Gasteiger partial charge in [-0.25, -0.2) is 9.48 Å². The highest BCUT2D eigenvalue weighted by Crippen LogP contribution is 2.47.